The summed E-state index contributed by atoms with van der Waals surface area (Å²) in [6.45, 7) is 3.95. The van der Waals surface area contributed by atoms with Gasteiger partial charge in [0, 0.05) is 27.5 Å². The highest BCUT2D eigenvalue weighted by Gasteiger charge is 2.25. The van der Waals surface area contributed by atoms with Crippen LogP contribution < -0.4 is 4.74 Å². The summed E-state index contributed by atoms with van der Waals surface area (Å²) in [4.78, 5) is 26.0. The van der Waals surface area contributed by atoms with Crippen LogP contribution in [-0.2, 0) is 4.74 Å². The van der Waals surface area contributed by atoms with Gasteiger partial charge in [-0.05, 0) is 44.2 Å². The Morgan fingerprint density at radius 3 is 2.06 bits per heavy atom. The van der Waals surface area contributed by atoms with Crippen LogP contribution in [0.15, 0.2) is 91.0 Å². The molecule has 4 aromatic carbocycles. The van der Waals surface area contributed by atoms with Crippen molar-refractivity contribution in [1.82, 2.24) is 4.57 Å². The van der Waals surface area contributed by atoms with Crippen molar-refractivity contribution in [3.63, 3.8) is 0 Å². The number of carbonyl (C=O) groups excluding carboxylic acids is 2. The molecule has 0 saturated carbocycles. The molecule has 1 heterocycles. The summed E-state index contributed by atoms with van der Waals surface area (Å²) in [6.07, 6.45) is 0. The first kappa shape index (κ1) is 21.5. The molecule has 5 heteroatoms. The summed E-state index contributed by atoms with van der Waals surface area (Å²) in [5, 5.41) is 2.33. The maximum absolute atomic E-state index is 13.1. The van der Waals surface area contributed by atoms with Gasteiger partial charge < -0.3 is 14.0 Å². The SMILES string of the molecule is CCOC(=O)c1c(C)n(-c2ccccc2)c2c1cc(OC(=O)c1ccccc1)c1ccccc12. The van der Waals surface area contributed by atoms with E-state index in [0.717, 1.165) is 27.7 Å². The number of ether oxygens (including phenoxy) is 2. The Kier molecular flexibility index (Phi) is 5.60. The zero-order valence-corrected chi connectivity index (χ0v) is 18.9. The molecule has 5 nitrogen and oxygen atoms in total. The van der Waals surface area contributed by atoms with Crippen molar-refractivity contribution in [1.29, 1.82) is 0 Å². The molecule has 0 unspecified atom stereocenters. The van der Waals surface area contributed by atoms with Gasteiger partial charge in [0.15, 0.2) is 0 Å². The number of nitrogens with zero attached hydrogens (tertiary/aromatic N) is 1. The zero-order valence-electron chi connectivity index (χ0n) is 18.9. The number of fused-ring (bicyclic) bond motifs is 3. The molecule has 0 spiro atoms. The fourth-order valence-electron chi connectivity index (χ4n) is 4.41. The van der Waals surface area contributed by atoms with Gasteiger partial charge in [-0.15, -0.1) is 0 Å². The lowest BCUT2D eigenvalue weighted by Gasteiger charge is -2.13. The normalized spacial score (nSPS) is 11.0. The fraction of sp³-hybridized carbons (Fsp3) is 0.103. The largest absolute Gasteiger partial charge is 0.462 e. The highest BCUT2D eigenvalue weighted by atomic mass is 16.5. The highest BCUT2D eigenvalue weighted by molar-refractivity contribution is 6.17. The topological polar surface area (TPSA) is 57.5 Å². The van der Waals surface area contributed by atoms with Crippen LogP contribution in [0.5, 0.6) is 5.75 Å². The van der Waals surface area contributed by atoms with Crippen LogP contribution in [0, 0.1) is 6.92 Å². The maximum atomic E-state index is 13.1. The van der Waals surface area contributed by atoms with E-state index in [2.05, 4.69) is 4.57 Å². The second-order valence-corrected chi connectivity index (χ2v) is 7.92. The van der Waals surface area contributed by atoms with Crippen molar-refractivity contribution in [2.45, 2.75) is 13.8 Å². The Hall–Kier alpha value is -4.38. The first-order valence-electron chi connectivity index (χ1n) is 11.2. The molecule has 0 fully saturated rings. The van der Waals surface area contributed by atoms with Crippen LogP contribution in [0.2, 0.25) is 0 Å². The Balaban J connectivity index is 1.81. The first-order chi connectivity index (χ1) is 16.6. The molecule has 34 heavy (non-hydrogen) atoms. The second-order valence-electron chi connectivity index (χ2n) is 7.92. The Morgan fingerprint density at radius 1 is 0.765 bits per heavy atom. The minimum atomic E-state index is -0.456. The van der Waals surface area contributed by atoms with Crippen LogP contribution in [-0.4, -0.2) is 23.1 Å². The predicted octanol–water partition coefficient (Wildman–Crippen LogP) is 6.49. The second kappa shape index (κ2) is 8.87. The molecule has 0 aliphatic rings. The monoisotopic (exact) mass is 449 g/mol. The molecule has 0 aliphatic carbocycles. The van der Waals surface area contributed by atoms with E-state index in [9.17, 15) is 9.59 Å². The van der Waals surface area contributed by atoms with Gasteiger partial charge in [-0.1, -0.05) is 60.7 Å². The maximum Gasteiger partial charge on any atom is 0.343 e. The summed E-state index contributed by atoms with van der Waals surface area (Å²) in [5.41, 5.74) is 3.47. The molecule has 168 valence electrons. The highest BCUT2D eigenvalue weighted by Crippen LogP contribution is 2.40. The van der Waals surface area contributed by atoms with Gasteiger partial charge in [0.05, 0.1) is 23.3 Å². The molecule has 0 atom stereocenters. The molecular weight excluding hydrogens is 426 g/mol. The summed E-state index contributed by atoms with van der Waals surface area (Å²) < 4.78 is 13.3. The predicted molar refractivity (Wildman–Crippen MR) is 133 cm³/mol. The van der Waals surface area contributed by atoms with E-state index in [-0.39, 0.29) is 6.61 Å². The van der Waals surface area contributed by atoms with Gasteiger partial charge in [-0.25, -0.2) is 9.59 Å². The van der Waals surface area contributed by atoms with Crippen molar-refractivity contribution >= 4 is 33.6 Å². The fourth-order valence-corrected chi connectivity index (χ4v) is 4.41. The third-order valence-electron chi connectivity index (χ3n) is 5.87. The van der Waals surface area contributed by atoms with Gasteiger partial charge in [-0.2, -0.15) is 0 Å². The Morgan fingerprint density at radius 2 is 1.38 bits per heavy atom. The number of benzene rings is 4. The third kappa shape index (κ3) is 3.61. The molecule has 5 rings (SSSR count). The standard InChI is InChI=1S/C29H23NO4/c1-3-33-29(32)26-19(2)30(21-14-8-5-9-15-21)27-23-17-11-10-16-22(23)25(18-24(26)27)34-28(31)20-12-6-4-7-13-20/h4-18H,3H2,1-2H3. The molecule has 0 amide bonds. The van der Waals surface area contributed by atoms with Crippen molar-refractivity contribution in [2.24, 2.45) is 0 Å². The van der Waals surface area contributed by atoms with E-state index < -0.39 is 11.9 Å². The Labute approximate surface area is 197 Å². The molecule has 1 aromatic heterocycles. The molecule has 0 saturated heterocycles. The number of hydrogen-bond donors (Lipinski definition) is 0. The van der Waals surface area contributed by atoms with Gasteiger partial charge in [0.1, 0.15) is 5.75 Å². The van der Waals surface area contributed by atoms with Crippen molar-refractivity contribution in [3.8, 4) is 11.4 Å². The van der Waals surface area contributed by atoms with E-state index in [0.29, 0.717) is 22.3 Å². The lowest BCUT2D eigenvalue weighted by Crippen LogP contribution is -2.09. The van der Waals surface area contributed by atoms with Crippen molar-refractivity contribution in [2.75, 3.05) is 6.61 Å². The summed E-state index contributed by atoms with van der Waals surface area (Å²) in [6, 6.07) is 28.2. The summed E-state index contributed by atoms with van der Waals surface area (Å²) >= 11 is 0. The van der Waals surface area contributed by atoms with E-state index in [1.807, 2.05) is 67.6 Å². The molecule has 5 aromatic rings. The molecule has 0 aliphatic heterocycles. The van der Waals surface area contributed by atoms with Crippen molar-refractivity contribution in [3.05, 3.63) is 108 Å². The van der Waals surface area contributed by atoms with Gasteiger partial charge >= 0.3 is 11.9 Å². The minimum absolute atomic E-state index is 0.264. The zero-order chi connectivity index (χ0) is 23.7. The van der Waals surface area contributed by atoms with E-state index in [1.54, 1.807) is 37.3 Å². The smallest absolute Gasteiger partial charge is 0.343 e. The average molecular weight is 450 g/mol. The van der Waals surface area contributed by atoms with Crippen LogP contribution in [0.4, 0.5) is 0 Å². The van der Waals surface area contributed by atoms with Gasteiger partial charge in [-0.3, -0.25) is 0 Å². The number of aromatic nitrogens is 1. The summed E-state index contributed by atoms with van der Waals surface area (Å²) in [7, 11) is 0. The van der Waals surface area contributed by atoms with Gasteiger partial charge in [0.25, 0.3) is 0 Å². The lowest BCUT2D eigenvalue weighted by molar-refractivity contribution is 0.0527. The number of rotatable bonds is 5. The molecule has 0 N–H and O–H groups in total. The van der Waals surface area contributed by atoms with Crippen molar-refractivity contribution < 1.29 is 19.1 Å². The van der Waals surface area contributed by atoms with Crippen LogP contribution in [0.1, 0.15) is 33.3 Å². The van der Waals surface area contributed by atoms with Crippen LogP contribution >= 0.6 is 0 Å². The lowest BCUT2D eigenvalue weighted by atomic mass is 10.0. The number of para-hydroxylation sites is 1. The van der Waals surface area contributed by atoms with E-state index in [1.165, 1.54) is 0 Å². The number of hydrogen-bond acceptors (Lipinski definition) is 4. The average Bonchev–Trinajstić information content (AvgIpc) is 3.17. The van der Waals surface area contributed by atoms with E-state index >= 15 is 0 Å². The third-order valence-corrected chi connectivity index (χ3v) is 5.87. The van der Waals surface area contributed by atoms with Crippen LogP contribution in [0.25, 0.3) is 27.4 Å². The van der Waals surface area contributed by atoms with Gasteiger partial charge in [0.2, 0.25) is 0 Å². The minimum Gasteiger partial charge on any atom is -0.462 e. The summed E-state index contributed by atoms with van der Waals surface area (Å²) in [5.74, 6) is -0.468. The Bertz CT molecular complexity index is 1520. The quantitative estimate of drug-likeness (QED) is 0.227. The number of carbonyl (C=O) groups is 2. The number of esters is 2. The molecular formula is C29H23NO4. The van der Waals surface area contributed by atoms with E-state index in [4.69, 9.17) is 9.47 Å². The van der Waals surface area contributed by atoms with Crippen LogP contribution in [0.3, 0.4) is 0 Å². The molecule has 0 radical (unpaired) electrons. The first-order valence-corrected chi connectivity index (χ1v) is 11.2. The molecule has 0 bridgehead atoms.